The lowest BCUT2D eigenvalue weighted by molar-refractivity contribution is -0.194. The molecule has 0 heterocycles. The summed E-state index contributed by atoms with van der Waals surface area (Å²) >= 11 is 0. The SMILES string of the molecule is O=P(Oc1ccccc1)(Oc1ccccc1)OC(F)(F)CF. The summed E-state index contributed by atoms with van der Waals surface area (Å²) in [6.45, 7) is -2.16. The van der Waals surface area contributed by atoms with Gasteiger partial charge in [0.2, 0.25) is 0 Å². The van der Waals surface area contributed by atoms with Crippen LogP contribution in [0.2, 0.25) is 0 Å². The zero-order valence-corrected chi connectivity index (χ0v) is 12.1. The first-order valence-electron chi connectivity index (χ1n) is 6.16. The molecule has 0 fully saturated rings. The summed E-state index contributed by atoms with van der Waals surface area (Å²) in [5, 5.41) is 0. The van der Waals surface area contributed by atoms with Crippen molar-refractivity contribution < 1.29 is 31.3 Å². The van der Waals surface area contributed by atoms with Gasteiger partial charge in [0, 0.05) is 0 Å². The van der Waals surface area contributed by atoms with Crippen molar-refractivity contribution in [2.45, 2.75) is 6.11 Å². The number of halogens is 3. The number of hydrogen-bond donors (Lipinski definition) is 0. The molecule has 0 bridgehead atoms. The maximum atomic E-state index is 13.1. The second-order valence-corrected chi connectivity index (χ2v) is 5.56. The summed E-state index contributed by atoms with van der Waals surface area (Å²) in [6.07, 6.45) is -4.29. The highest BCUT2D eigenvalue weighted by Gasteiger charge is 2.45. The normalized spacial score (nSPS) is 12.0. The van der Waals surface area contributed by atoms with E-state index in [-0.39, 0.29) is 11.5 Å². The fraction of sp³-hybridized carbons (Fsp3) is 0.143. The molecule has 0 aliphatic rings. The third kappa shape index (κ3) is 4.79. The summed E-state index contributed by atoms with van der Waals surface area (Å²) < 4.78 is 64.7. The molecule has 0 saturated heterocycles. The van der Waals surface area contributed by atoms with E-state index in [1.54, 1.807) is 12.1 Å². The minimum absolute atomic E-state index is 0.0172. The van der Waals surface area contributed by atoms with Gasteiger partial charge in [-0.3, -0.25) is 0 Å². The van der Waals surface area contributed by atoms with E-state index in [0.29, 0.717) is 0 Å². The van der Waals surface area contributed by atoms with E-state index in [2.05, 4.69) is 4.52 Å². The molecule has 0 amide bonds. The molecule has 0 N–H and O–H groups in total. The Kier molecular flexibility index (Phi) is 5.11. The summed E-state index contributed by atoms with van der Waals surface area (Å²) in [4.78, 5) is 0. The van der Waals surface area contributed by atoms with E-state index >= 15 is 0 Å². The van der Waals surface area contributed by atoms with E-state index in [1.807, 2.05) is 0 Å². The van der Waals surface area contributed by atoms with Crippen LogP contribution >= 0.6 is 7.82 Å². The third-order valence-electron chi connectivity index (χ3n) is 2.32. The van der Waals surface area contributed by atoms with Gasteiger partial charge in [-0.05, 0) is 24.3 Å². The fourth-order valence-electron chi connectivity index (χ4n) is 1.46. The molecule has 0 aliphatic carbocycles. The van der Waals surface area contributed by atoms with Crippen LogP contribution in [0.1, 0.15) is 0 Å². The van der Waals surface area contributed by atoms with Crippen LogP contribution in [-0.4, -0.2) is 12.8 Å². The molecular weight excluding hydrogens is 320 g/mol. The molecule has 118 valence electrons. The van der Waals surface area contributed by atoms with Crippen molar-refractivity contribution in [2.75, 3.05) is 6.67 Å². The summed E-state index contributed by atoms with van der Waals surface area (Å²) in [5.74, 6) is -0.0344. The average molecular weight is 332 g/mol. The highest BCUT2D eigenvalue weighted by Crippen LogP contribution is 2.53. The molecule has 0 aromatic heterocycles. The molecule has 2 rings (SSSR count). The zero-order valence-electron chi connectivity index (χ0n) is 11.2. The molecule has 4 nitrogen and oxygen atoms in total. The molecule has 0 aliphatic heterocycles. The Morgan fingerprint density at radius 1 is 0.864 bits per heavy atom. The van der Waals surface area contributed by atoms with Crippen molar-refractivity contribution in [1.29, 1.82) is 0 Å². The fourth-order valence-corrected chi connectivity index (χ4v) is 2.71. The van der Waals surface area contributed by atoms with E-state index < -0.39 is 20.6 Å². The predicted molar refractivity (Wildman–Crippen MR) is 73.8 cm³/mol. The summed E-state index contributed by atoms with van der Waals surface area (Å²) in [7, 11) is -4.79. The monoisotopic (exact) mass is 332 g/mol. The highest BCUT2D eigenvalue weighted by atomic mass is 31.2. The summed E-state index contributed by atoms with van der Waals surface area (Å²) in [5.41, 5.74) is 0. The molecule has 0 radical (unpaired) electrons. The van der Waals surface area contributed by atoms with Crippen LogP contribution in [0.5, 0.6) is 11.5 Å². The van der Waals surface area contributed by atoms with Gasteiger partial charge < -0.3 is 9.05 Å². The van der Waals surface area contributed by atoms with Crippen molar-refractivity contribution in [2.24, 2.45) is 0 Å². The molecular formula is C14H12F3O4P. The second kappa shape index (κ2) is 6.85. The standard InChI is InChI=1S/C14H12F3O4P/c15-11-14(16,17)21-22(18,19-12-7-3-1-4-8-12)20-13-9-5-2-6-10-13/h1-10H,11H2. The van der Waals surface area contributed by atoms with E-state index in [1.165, 1.54) is 48.5 Å². The van der Waals surface area contributed by atoms with Gasteiger partial charge in [-0.1, -0.05) is 36.4 Å². The number of para-hydroxylation sites is 2. The minimum Gasteiger partial charge on any atom is -0.395 e. The Labute approximate surface area is 125 Å². The predicted octanol–water partition coefficient (Wildman–Crippen LogP) is 4.83. The summed E-state index contributed by atoms with van der Waals surface area (Å²) in [6, 6.07) is 14.9. The maximum absolute atomic E-state index is 13.1. The van der Waals surface area contributed by atoms with Gasteiger partial charge in [0.15, 0.2) is 6.67 Å². The van der Waals surface area contributed by atoms with Crippen LogP contribution < -0.4 is 9.05 Å². The molecule has 2 aromatic rings. The lowest BCUT2D eigenvalue weighted by atomic mass is 10.3. The first-order valence-corrected chi connectivity index (χ1v) is 7.62. The van der Waals surface area contributed by atoms with Crippen LogP contribution in [-0.2, 0) is 9.09 Å². The lowest BCUT2D eigenvalue weighted by Gasteiger charge is -2.22. The lowest BCUT2D eigenvalue weighted by Crippen LogP contribution is -2.24. The third-order valence-corrected chi connectivity index (χ3v) is 3.68. The quantitative estimate of drug-likeness (QED) is 0.681. The Bertz CT molecular complexity index is 592. The Morgan fingerprint density at radius 2 is 1.27 bits per heavy atom. The van der Waals surface area contributed by atoms with Gasteiger partial charge in [0.25, 0.3) is 0 Å². The molecule has 22 heavy (non-hydrogen) atoms. The molecule has 0 unspecified atom stereocenters. The van der Waals surface area contributed by atoms with Crippen molar-refractivity contribution in [3.63, 3.8) is 0 Å². The van der Waals surface area contributed by atoms with E-state index in [0.717, 1.165) is 0 Å². The number of benzene rings is 2. The van der Waals surface area contributed by atoms with Crippen molar-refractivity contribution >= 4 is 7.82 Å². The van der Waals surface area contributed by atoms with Crippen molar-refractivity contribution in [3.05, 3.63) is 60.7 Å². The van der Waals surface area contributed by atoms with Crippen molar-refractivity contribution in [3.8, 4) is 11.5 Å². The smallest absolute Gasteiger partial charge is 0.395 e. The van der Waals surface area contributed by atoms with Crippen LogP contribution in [0.25, 0.3) is 0 Å². The number of hydrogen-bond acceptors (Lipinski definition) is 4. The van der Waals surface area contributed by atoms with Gasteiger partial charge in [-0.2, -0.15) is 13.3 Å². The first kappa shape index (κ1) is 16.4. The van der Waals surface area contributed by atoms with Crippen LogP contribution in [0.3, 0.4) is 0 Å². The number of phosphoric ester groups is 1. The van der Waals surface area contributed by atoms with Gasteiger partial charge in [0.1, 0.15) is 11.5 Å². The first-order chi connectivity index (χ1) is 10.4. The molecule has 2 aromatic carbocycles. The Balaban J connectivity index is 2.25. The average Bonchev–Trinajstić information content (AvgIpc) is 2.48. The molecule has 0 spiro atoms. The Morgan fingerprint density at radius 3 is 1.64 bits per heavy atom. The maximum Gasteiger partial charge on any atom is 0.592 e. The number of phosphoric acid groups is 1. The number of alkyl halides is 3. The molecule has 0 atom stereocenters. The van der Waals surface area contributed by atoms with Gasteiger partial charge in [0.05, 0.1) is 0 Å². The van der Waals surface area contributed by atoms with Crippen LogP contribution in [0, 0.1) is 0 Å². The van der Waals surface area contributed by atoms with E-state index in [9.17, 15) is 17.7 Å². The highest BCUT2D eigenvalue weighted by molar-refractivity contribution is 7.49. The van der Waals surface area contributed by atoms with Crippen molar-refractivity contribution in [1.82, 2.24) is 0 Å². The van der Waals surface area contributed by atoms with Gasteiger partial charge in [-0.15, -0.1) is 0 Å². The molecule has 8 heteroatoms. The second-order valence-electron chi connectivity index (χ2n) is 4.12. The largest absolute Gasteiger partial charge is 0.592 e. The molecule has 0 saturated carbocycles. The topological polar surface area (TPSA) is 44.8 Å². The Hall–Kier alpha value is -1.98. The zero-order chi connectivity index (χ0) is 16.1. The van der Waals surface area contributed by atoms with Gasteiger partial charge in [-0.25, -0.2) is 8.96 Å². The van der Waals surface area contributed by atoms with Crippen LogP contribution in [0.4, 0.5) is 13.2 Å². The van der Waals surface area contributed by atoms with E-state index in [4.69, 9.17) is 9.05 Å². The van der Waals surface area contributed by atoms with Gasteiger partial charge >= 0.3 is 13.9 Å². The number of rotatable bonds is 7. The van der Waals surface area contributed by atoms with Crippen LogP contribution in [0.15, 0.2) is 60.7 Å². The minimum atomic E-state index is -4.79.